The maximum atomic E-state index is 12.4. The number of aliphatic hydroxyl groups is 4. The van der Waals surface area contributed by atoms with E-state index in [1.54, 1.807) is 0 Å². The molecule has 0 saturated carbocycles. The predicted molar refractivity (Wildman–Crippen MR) is 104 cm³/mol. The van der Waals surface area contributed by atoms with Gasteiger partial charge in [-0.25, -0.2) is 0 Å². The van der Waals surface area contributed by atoms with E-state index in [-0.39, 0.29) is 34.5 Å². The molecule has 2 aliphatic rings. The molecule has 1 saturated heterocycles. The van der Waals surface area contributed by atoms with Crippen molar-refractivity contribution in [2.45, 2.75) is 30.7 Å². The zero-order chi connectivity index (χ0) is 22.3. The molecule has 2 heterocycles. The van der Waals surface area contributed by atoms with Crippen LogP contribution in [-0.4, -0.2) is 73.7 Å². The molecule has 4 rings (SSSR count). The van der Waals surface area contributed by atoms with E-state index < -0.39 is 37.3 Å². The monoisotopic (exact) mass is 432 g/mol. The highest BCUT2D eigenvalue weighted by atomic mass is 16.7. The number of phenolic OH excluding ortho intramolecular Hbond substituents is 2. The van der Waals surface area contributed by atoms with Crippen molar-refractivity contribution in [1.29, 1.82) is 0 Å². The van der Waals surface area contributed by atoms with Crippen molar-refractivity contribution in [3.05, 3.63) is 53.3 Å². The van der Waals surface area contributed by atoms with Crippen LogP contribution >= 0.6 is 0 Å². The fourth-order valence-corrected chi connectivity index (χ4v) is 3.34. The molecule has 0 aliphatic carbocycles. The van der Waals surface area contributed by atoms with Crippen molar-refractivity contribution < 1.29 is 49.6 Å². The number of aromatic hydroxyl groups is 2. The summed E-state index contributed by atoms with van der Waals surface area (Å²) in [6.45, 7) is -0.614. The lowest BCUT2D eigenvalue weighted by molar-refractivity contribution is -0.277. The van der Waals surface area contributed by atoms with E-state index >= 15 is 0 Å². The minimum Gasteiger partial charge on any atom is -0.508 e. The molecular formula is C21H20O10. The molecule has 31 heavy (non-hydrogen) atoms. The van der Waals surface area contributed by atoms with Crippen LogP contribution in [0, 0.1) is 0 Å². The van der Waals surface area contributed by atoms with Gasteiger partial charge in [0, 0.05) is 6.07 Å². The Balaban J connectivity index is 1.51. The summed E-state index contributed by atoms with van der Waals surface area (Å²) in [6.07, 6.45) is -5.98. The topological polar surface area (TPSA) is 166 Å². The number of allylic oxidation sites excluding steroid dienone is 1. The zero-order valence-electron chi connectivity index (χ0n) is 16.0. The highest BCUT2D eigenvalue weighted by Crippen LogP contribution is 2.36. The van der Waals surface area contributed by atoms with E-state index in [1.165, 1.54) is 42.5 Å². The summed E-state index contributed by atoms with van der Waals surface area (Å²) >= 11 is 0. The lowest BCUT2D eigenvalue weighted by Gasteiger charge is -2.39. The van der Waals surface area contributed by atoms with Gasteiger partial charge in [-0.1, -0.05) is 6.07 Å². The number of hydrogen-bond donors (Lipinski definition) is 6. The van der Waals surface area contributed by atoms with Crippen molar-refractivity contribution in [2.75, 3.05) is 6.61 Å². The number of phenols is 2. The number of ether oxygens (including phenoxy) is 3. The van der Waals surface area contributed by atoms with E-state index in [2.05, 4.69) is 0 Å². The fourth-order valence-electron chi connectivity index (χ4n) is 3.34. The summed E-state index contributed by atoms with van der Waals surface area (Å²) in [5, 5.41) is 58.7. The number of carbonyl (C=O) groups is 1. The number of rotatable bonds is 4. The average molecular weight is 432 g/mol. The van der Waals surface area contributed by atoms with Crippen LogP contribution in [0.1, 0.15) is 15.9 Å². The van der Waals surface area contributed by atoms with E-state index in [0.717, 1.165) is 0 Å². The molecule has 2 aromatic carbocycles. The number of ketones is 1. The second-order valence-electron chi connectivity index (χ2n) is 7.16. The first-order valence-electron chi connectivity index (χ1n) is 9.36. The van der Waals surface area contributed by atoms with Gasteiger partial charge in [0.15, 0.2) is 17.3 Å². The molecule has 5 atom stereocenters. The first-order chi connectivity index (χ1) is 14.8. The SMILES string of the molecule is O=C1C(=Cc2ccc(OC3OC(CO)C(O)C(O)C3O)c(O)c2)Oc2cc(O)ccc21. The van der Waals surface area contributed by atoms with Crippen LogP contribution in [0.3, 0.4) is 0 Å². The van der Waals surface area contributed by atoms with Crippen molar-refractivity contribution in [3.8, 4) is 23.0 Å². The number of benzene rings is 2. The fraction of sp³-hybridized carbons (Fsp3) is 0.286. The van der Waals surface area contributed by atoms with Gasteiger partial charge in [-0.05, 0) is 35.9 Å². The largest absolute Gasteiger partial charge is 0.508 e. The predicted octanol–water partition coefficient (Wildman–Crippen LogP) is -0.107. The maximum absolute atomic E-state index is 12.4. The zero-order valence-corrected chi connectivity index (χ0v) is 16.0. The molecular weight excluding hydrogens is 412 g/mol. The molecule has 0 bridgehead atoms. The number of aliphatic hydroxyl groups excluding tert-OH is 4. The molecule has 5 unspecified atom stereocenters. The summed E-state index contributed by atoms with van der Waals surface area (Å²) < 4.78 is 16.1. The molecule has 10 heteroatoms. The van der Waals surface area contributed by atoms with Crippen LogP contribution in [0.15, 0.2) is 42.2 Å². The Bertz CT molecular complexity index is 1030. The Morgan fingerprint density at radius 2 is 1.77 bits per heavy atom. The smallest absolute Gasteiger partial charge is 0.231 e. The average Bonchev–Trinajstić information content (AvgIpc) is 3.04. The molecule has 164 valence electrons. The highest BCUT2D eigenvalue weighted by Gasteiger charge is 2.44. The molecule has 6 N–H and O–H groups in total. The van der Waals surface area contributed by atoms with E-state index in [0.29, 0.717) is 11.1 Å². The standard InChI is InChI=1S/C21H20O10/c22-8-16-18(26)19(27)20(28)21(31-16)30-13-4-1-9(5-12(13)24)6-15-17(25)11-3-2-10(23)7-14(11)29-15/h1-7,16,18-24,26-28H,8H2. The third-order valence-electron chi connectivity index (χ3n) is 5.03. The molecule has 0 spiro atoms. The van der Waals surface area contributed by atoms with Gasteiger partial charge in [0.05, 0.1) is 12.2 Å². The van der Waals surface area contributed by atoms with Crippen molar-refractivity contribution in [3.63, 3.8) is 0 Å². The van der Waals surface area contributed by atoms with Gasteiger partial charge >= 0.3 is 0 Å². The van der Waals surface area contributed by atoms with Crippen LogP contribution in [-0.2, 0) is 4.74 Å². The van der Waals surface area contributed by atoms with Gasteiger partial charge in [-0.3, -0.25) is 4.79 Å². The van der Waals surface area contributed by atoms with Crippen LogP contribution in [0.5, 0.6) is 23.0 Å². The molecule has 0 aromatic heterocycles. The summed E-state index contributed by atoms with van der Waals surface area (Å²) in [6, 6.07) is 8.28. The Hall–Kier alpha value is -3.15. The van der Waals surface area contributed by atoms with Crippen molar-refractivity contribution in [2.24, 2.45) is 0 Å². The van der Waals surface area contributed by atoms with Gasteiger partial charge in [0.2, 0.25) is 12.1 Å². The molecule has 2 aliphatic heterocycles. The Kier molecular flexibility index (Phi) is 5.56. The minimum atomic E-state index is -1.63. The van der Waals surface area contributed by atoms with Crippen LogP contribution in [0.2, 0.25) is 0 Å². The first kappa shape index (κ1) is 21.1. The highest BCUT2D eigenvalue weighted by molar-refractivity contribution is 6.14. The van der Waals surface area contributed by atoms with Crippen LogP contribution < -0.4 is 9.47 Å². The van der Waals surface area contributed by atoms with Gasteiger partial charge in [-0.15, -0.1) is 0 Å². The summed E-state index contributed by atoms with van der Waals surface area (Å²) in [5.74, 6) is -0.646. The summed E-state index contributed by atoms with van der Waals surface area (Å²) in [4.78, 5) is 12.4. The number of carbonyl (C=O) groups excluding carboxylic acids is 1. The van der Waals surface area contributed by atoms with Crippen molar-refractivity contribution in [1.82, 2.24) is 0 Å². The molecule has 0 radical (unpaired) electrons. The third-order valence-corrected chi connectivity index (χ3v) is 5.03. The summed E-state index contributed by atoms with van der Waals surface area (Å²) in [5.41, 5.74) is 0.704. The Morgan fingerprint density at radius 3 is 2.48 bits per heavy atom. The lowest BCUT2D eigenvalue weighted by Crippen LogP contribution is -2.60. The van der Waals surface area contributed by atoms with Gasteiger partial charge in [-0.2, -0.15) is 0 Å². The van der Waals surface area contributed by atoms with E-state index in [4.69, 9.17) is 14.2 Å². The molecule has 0 amide bonds. The molecule has 1 fully saturated rings. The van der Waals surface area contributed by atoms with Gasteiger partial charge in [0.25, 0.3) is 0 Å². The number of hydrogen-bond acceptors (Lipinski definition) is 10. The normalized spacial score (nSPS) is 29.0. The van der Waals surface area contributed by atoms with Gasteiger partial charge in [0.1, 0.15) is 35.9 Å². The quantitative estimate of drug-likeness (QED) is 0.359. The number of fused-ring (bicyclic) bond motifs is 1. The van der Waals surface area contributed by atoms with Crippen LogP contribution in [0.4, 0.5) is 0 Å². The van der Waals surface area contributed by atoms with E-state index in [9.17, 15) is 35.4 Å². The lowest BCUT2D eigenvalue weighted by atomic mass is 9.99. The second kappa shape index (κ2) is 8.17. The minimum absolute atomic E-state index is 0.00241. The second-order valence-corrected chi connectivity index (χ2v) is 7.16. The molecule has 2 aromatic rings. The Morgan fingerprint density at radius 1 is 1.00 bits per heavy atom. The van der Waals surface area contributed by atoms with Crippen molar-refractivity contribution >= 4 is 11.9 Å². The van der Waals surface area contributed by atoms with E-state index in [1.807, 2.05) is 0 Å². The summed E-state index contributed by atoms with van der Waals surface area (Å²) in [7, 11) is 0. The van der Waals surface area contributed by atoms with Gasteiger partial charge < -0.3 is 44.8 Å². The Labute approximate surface area is 175 Å². The number of Topliss-reactive ketones (excluding diaryl/α,β-unsaturated/α-hetero) is 1. The van der Waals surface area contributed by atoms with Crippen LogP contribution in [0.25, 0.3) is 6.08 Å². The molecule has 10 nitrogen and oxygen atoms in total. The third kappa shape index (κ3) is 3.94. The maximum Gasteiger partial charge on any atom is 0.231 e. The first-order valence-corrected chi connectivity index (χ1v) is 9.36.